The van der Waals surface area contributed by atoms with Crippen molar-refractivity contribution in [2.24, 2.45) is 5.92 Å². The molecule has 132 valence electrons. The van der Waals surface area contributed by atoms with Crippen molar-refractivity contribution in [1.29, 1.82) is 0 Å². The minimum Gasteiger partial charge on any atom is -0.392 e. The maximum Gasteiger partial charge on any atom is 0.234 e. The van der Waals surface area contributed by atoms with Crippen LogP contribution in [-0.2, 0) is 11.3 Å². The first-order valence-corrected chi connectivity index (χ1v) is 9.05. The number of nitrogens with zero attached hydrogens (tertiary/aromatic N) is 2. The lowest BCUT2D eigenvalue weighted by Crippen LogP contribution is -2.51. The van der Waals surface area contributed by atoms with Crippen molar-refractivity contribution in [3.8, 4) is 0 Å². The summed E-state index contributed by atoms with van der Waals surface area (Å²) in [6.45, 7) is 7.58. The van der Waals surface area contributed by atoms with Gasteiger partial charge in [-0.2, -0.15) is 0 Å². The number of piperazine rings is 1. The van der Waals surface area contributed by atoms with Gasteiger partial charge in [0, 0.05) is 39.3 Å². The average Bonchev–Trinajstić information content (AvgIpc) is 3.41. The summed E-state index contributed by atoms with van der Waals surface area (Å²) in [4.78, 5) is 16.6. The molecule has 1 aromatic carbocycles. The molecule has 1 aromatic rings. The highest BCUT2D eigenvalue weighted by Crippen LogP contribution is 2.32. The van der Waals surface area contributed by atoms with Crippen LogP contribution in [0.25, 0.3) is 0 Å². The van der Waals surface area contributed by atoms with Gasteiger partial charge in [-0.05, 0) is 31.2 Å². The second-order valence-electron chi connectivity index (χ2n) is 7.24. The van der Waals surface area contributed by atoms with Crippen LogP contribution in [0.1, 0.15) is 24.0 Å². The predicted octanol–water partition coefficient (Wildman–Crippen LogP) is 1.000. The molecule has 0 spiro atoms. The number of nitrogens with one attached hydrogen (secondary N) is 1. The molecule has 1 aliphatic heterocycles. The first kappa shape index (κ1) is 17.4. The third-order valence-electron chi connectivity index (χ3n) is 5.05. The Bertz CT molecular complexity index is 534. The lowest BCUT2D eigenvalue weighted by molar-refractivity contribution is -0.122. The Morgan fingerprint density at radius 2 is 1.79 bits per heavy atom. The fourth-order valence-corrected chi connectivity index (χ4v) is 3.19. The Kier molecular flexibility index (Phi) is 5.87. The minimum atomic E-state index is -0.158. The van der Waals surface area contributed by atoms with Crippen LogP contribution in [0.2, 0.25) is 0 Å². The molecule has 1 saturated carbocycles. The second-order valence-corrected chi connectivity index (χ2v) is 7.24. The normalized spacial score (nSPS) is 20.8. The van der Waals surface area contributed by atoms with E-state index in [4.69, 9.17) is 0 Å². The number of hydrogen-bond acceptors (Lipinski definition) is 4. The molecule has 2 aliphatic rings. The van der Waals surface area contributed by atoms with E-state index in [9.17, 15) is 9.90 Å². The summed E-state index contributed by atoms with van der Waals surface area (Å²) in [7, 11) is 0. The van der Waals surface area contributed by atoms with Gasteiger partial charge in [0.25, 0.3) is 0 Å². The molecule has 1 aliphatic carbocycles. The molecule has 24 heavy (non-hydrogen) atoms. The zero-order valence-electron chi connectivity index (χ0n) is 14.6. The molecule has 1 atom stereocenters. The number of carbonyl (C=O) groups is 1. The number of carbonyl (C=O) groups excluding carboxylic acids is 1. The Hall–Kier alpha value is -1.43. The molecule has 0 radical (unpaired) electrons. The second kappa shape index (κ2) is 8.10. The topological polar surface area (TPSA) is 55.8 Å². The van der Waals surface area contributed by atoms with Crippen LogP contribution in [-0.4, -0.2) is 66.2 Å². The van der Waals surface area contributed by atoms with Crippen LogP contribution in [0.15, 0.2) is 24.3 Å². The van der Waals surface area contributed by atoms with Crippen molar-refractivity contribution in [2.45, 2.75) is 32.4 Å². The molecule has 0 aromatic heterocycles. The predicted molar refractivity (Wildman–Crippen MR) is 94.6 cm³/mol. The number of hydrogen-bond donors (Lipinski definition) is 2. The SMILES string of the molecule is Cc1ccc(CNC(=O)CN2CCN(C[C@H](O)C3CC3)CC2)cc1. The van der Waals surface area contributed by atoms with E-state index in [-0.39, 0.29) is 12.0 Å². The van der Waals surface area contributed by atoms with E-state index in [2.05, 4.69) is 46.3 Å². The van der Waals surface area contributed by atoms with Gasteiger partial charge < -0.3 is 10.4 Å². The zero-order chi connectivity index (χ0) is 16.9. The van der Waals surface area contributed by atoms with E-state index in [1.165, 1.54) is 18.4 Å². The van der Waals surface area contributed by atoms with Crippen molar-refractivity contribution < 1.29 is 9.90 Å². The standard InChI is InChI=1S/C19H29N3O2/c1-15-2-4-16(5-3-15)12-20-19(24)14-22-10-8-21(9-11-22)13-18(23)17-6-7-17/h2-5,17-18,23H,6-14H2,1H3,(H,20,24)/t18-/m0/s1. The van der Waals surface area contributed by atoms with Gasteiger partial charge in [0.15, 0.2) is 0 Å². The van der Waals surface area contributed by atoms with E-state index >= 15 is 0 Å². The molecular formula is C19H29N3O2. The molecule has 2 N–H and O–H groups in total. The highest BCUT2D eigenvalue weighted by molar-refractivity contribution is 5.78. The lowest BCUT2D eigenvalue weighted by Gasteiger charge is -2.35. The molecule has 0 bridgehead atoms. The monoisotopic (exact) mass is 331 g/mol. The van der Waals surface area contributed by atoms with Crippen molar-refractivity contribution in [3.63, 3.8) is 0 Å². The quantitative estimate of drug-likeness (QED) is 0.783. The summed E-state index contributed by atoms with van der Waals surface area (Å²) in [5.41, 5.74) is 2.36. The van der Waals surface area contributed by atoms with Gasteiger partial charge in [0.1, 0.15) is 0 Å². The molecule has 5 heteroatoms. The molecule has 1 amide bonds. The smallest absolute Gasteiger partial charge is 0.234 e. The fraction of sp³-hybridized carbons (Fsp3) is 0.632. The van der Waals surface area contributed by atoms with Crippen molar-refractivity contribution in [2.75, 3.05) is 39.3 Å². The van der Waals surface area contributed by atoms with E-state index in [1.54, 1.807) is 0 Å². The number of aliphatic hydroxyl groups is 1. The van der Waals surface area contributed by atoms with Crippen LogP contribution in [0.3, 0.4) is 0 Å². The van der Waals surface area contributed by atoms with Crippen LogP contribution < -0.4 is 5.32 Å². The Morgan fingerprint density at radius 3 is 2.42 bits per heavy atom. The van der Waals surface area contributed by atoms with Crippen molar-refractivity contribution in [1.82, 2.24) is 15.1 Å². The van der Waals surface area contributed by atoms with Gasteiger partial charge in [-0.25, -0.2) is 0 Å². The van der Waals surface area contributed by atoms with E-state index in [1.807, 2.05) is 0 Å². The van der Waals surface area contributed by atoms with E-state index < -0.39 is 0 Å². The van der Waals surface area contributed by atoms with Crippen LogP contribution in [0.5, 0.6) is 0 Å². The minimum absolute atomic E-state index is 0.0852. The third-order valence-corrected chi connectivity index (χ3v) is 5.05. The van der Waals surface area contributed by atoms with Crippen LogP contribution >= 0.6 is 0 Å². The fourth-order valence-electron chi connectivity index (χ4n) is 3.19. The van der Waals surface area contributed by atoms with Gasteiger partial charge in [-0.15, -0.1) is 0 Å². The molecule has 2 fully saturated rings. The van der Waals surface area contributed by atoms with Crippen molar-refractivity contribution in [3.05, 3.63) is 35.4 Å². The number of amides is 1. The highest BCUT2D eigenvalue weighted by Gasteiger charge is 2.31. The summed E-state index contributed by atoms with van der Waals surface area (Å²) in [6, 6.07) is 8.24. The molecule has 1 saturated heterocycles. The number of rotatable bonds is 7. The summed E-state index contributed by atoms with van der Waals surface area (Å²) >= 11 is 0. The maximum absolute atomic E-state index is 12.1. The first-order chi connectivity index (χ1) is 11.6. The summed E-state index contributed by atoms with van der Waals surface area (Å²) < 4.78 is 0. The van der Waals surface area contributed by atoms with Gasteiger partial charge in [0.05, 0.1) is 12.6 Å². The number of benzene rings is 1. The lowest BCUT2D eigenvalue weighted by atomic mass is 10.1. The molecular weight excluding hydrogens is 302 g/mol. The first-order valence-electron chi connectivity index (χ1n) is 9.05. The molecule has 0 unspecified atom stereocenters. The Morgan fingerprint density at radius 1 is 1.17 bits per heavy atom. The van der Waals surface area contributed by atoms with Crippen LogP contribution in [0, 0.1) is 12.8 Å². The van der Waals surface area contributed by atoms with E-state index in [0.29, 0.717) is 19.0 Å². The third kappa shape index (κ3) is 5.30. The average molecular weight is 331 g/mol. The molecule has 3 rings (SSSR count). The summed E-state index contributed by atoms with van der Waals surface area (Å²) in [6.07, 6.45) is 2.21. The van der Waals surface area contributed by atoms with Crippen LogP contribution in [0.4, 0.5) is 0 Å². The zero-order valence-corrected chi connectivity index (χ0v) is 14.6. The van der Waals surface area contributed by atoms with Gasteiger partial charge in [-0.1, -0.05) is 29.8 Å². The Balaban J connectivity index is 1.33. The van der Waals surface area contributed by atoms with Gasteiger partial charge in [-0.3, -0.25) is 14.6 Å². The summed E-state index contributed by atoms with van der Waals surface area (Å²) in [5, 5.41) is 13.0. The largest absolute Gasteiger partial charge is 0.392 e. The van der Waals surface area contributed by atoms with E-state index in [0.717, 1.165) is 38.3 Å². The summed E-state index contributed by atoms with van der Waals surface area (Å²) in [5.74, 6) is 0.623. The maximum atomic E-state index is 12.1. The Labute approximate surface area is 144 Å². The number of β-amino-alcohol motifs (C(OH)–C–C–N with tert-alkyl or cyclic N) is 1. The van der Waals surface area contributed by atoms with Crippen molar-refractivity contribution >= 4 is 5.91 Å². The molecule has 1 heterocycles. The molecule has 5 nitrogen and oxygen atoms in total. The highest BCUT2D eigenvalue weighted by atomic mass is 16.3. The number of aryl methyl sites for hydroxylation is 1. The number of aliphatic hydroxyl groups excluding tert-OH is 1. The van der Waals surface area contributed by atoms with Gasteiger partial charge >= 0.3 is 0 Å². The van der Waals surface area contributed by atoms with Gasteiger partial charge in [0.2, 0.25) is 5.91 Å².